The van der Waals surface area contributed by atoms with E-state index in [9.17, 15) is 9.18 Å². The van der Waals surface area contributed by atoms with E-state index in [1.807, 2.05) is 24.6 Å². The highest BCUT2D eigenvalue weighted by atomic mass is 19.1. The van der Waals surface area contributed by atoms with Crippen molar-refractivity contribution >= 4 is 5.78 Å². The van der Waals surface area contributed by atoms with E-state index in [4.69, 9.17) is 14.5 Å². The van der Waals surface area contributed by atoms with Crippen LogP contribution in [0.5, 0.6) is 5.75 Å². The second-order valence-electron chi connectivity index (χ2n) is 9.82. The monoisotopic (exact) mass is 493 g/mol. The Morgan fingerprint density at radius 3 is 2.64 bits per heavy atom. The first-order valence-corrected chi connectivity index (χ1v) is 12.7. The number of rotatable bonds is 10. The van der Waals surface area contributed by atoms with Crippen LogP contribution in [0.25, 0.3) is 22.6 Å². The van der Waals surface area contributed by atoms with Crippen molar-refractivity contribution in [2.45, 2.75) is 39.7 Å². The van der Waals surface area contributed by atoms with Gasteiger partial charge >= 0.3 is 0 Å². The summed E-state index contributed by atoms with van der Waals surface area (Å²) in [4.78, 5) is 20.0. The maximum absolute atomic E-state index is 14.0. The molecule has 6 nitrogen and oxygen atoms in total. The molecule has 2 aromatic carbocycles. The van der Waals surface area contributed by atoms with Crippen LogP contribution in [0, 0.1) is 11.7 Å². The maximum atomic E-state index is 14.0. The molecule has 0 atom stereocenters. The van der Waals surface area contributed by atoms with Gasteiger partial charge in [-0.2, -0.15) is 0 Å². The van der Waals surface area contributed by atoms with E-state index in [2.05, 4.69) is 29.2 Å². The van der Waals surface area contributed by atoms with Crippen molar-refractivity contribution in [1.82, 2.24) is 14.5 Å². The number of hydrogen-bond acceptors (Lipinski definition) is 5. The molecule has 0 saturated carbocycles. The van der Waals surface area contributed by atoms with Crippen LogP contribution in [0.4, 0.5) is 4.39 Å². The Labute approximate surface area is 213 Å². The number of aromatic nitrogens is 2. The van der Waals surface area contributed by atoms with E-state index in [1.54, 1.807) is 12.1 Å². The normalized spacial score (nSPS) is 14.7. The maximum Gasteiger partial charge on any atom is 0.165 e. The van der Waals surface area contributed by atoms with Gasteiger partial charge in [0.15, 0.2) is 17.3 Å². The molecule has 2 heterocycles. The first kappa shape index (κ1) is 26.0. The average Bonchev–Trinajstić information content (AvgIpc) is 3.09. The van der Waals surface area contributed by atoms with E-state index < -0.39 is 5.82 Å². The number of Topliss-reactive ketones (excluding diaryl/α,β-unsaturated/α-hetero) is 1. The zero-order valence-corrected chi connectivity index (χ0v) is 21.5. The molecule has 0 unspecified atom stereocenters. The molecule has 1 aliphatic heterocycles. The van der Waals surface area contributed by atoms with Gasteiger partial charge in [0.25, 0.3) is 0 Å². The van der Waals surface area contributed by atoms with Gasteiger partial charge in [0, 0.05) is 50.0 Å². The molecule has 1 aromatic heterocycles. The predicted molar refractivity (Wildman–Crippen MR) is 140 cm³/mol. The predicted octanol–water partition coefficient (Wildman–Crippen LogP) is 5.24. The smallest absolute Gasteiger partial charge is 0.165 e. The average molecular weight is 494 g/mol. The third kappa shape index (κ3) is 6.80. The summed E-state index contributed by atoms with van der Waals surface area (Å²) >= 11 is 0. The number of methoxy groups -OCH3 is 1. The lowest BCUT2D eigenvalue weighted by Crippen LogP contribution is -2.28. The summed E-state index contributed by atoms with van der Waals surface area (Å²) in [6, 6.07) is 13.1. The lowest BCUT2D eigenvalue weighted by Gasteiger charge is -2.18. The van der Waals surface area contributed by atoms with E-state index in [-0.39, 0.29) is 24.0 Å². The Bertz CT molecular complexity index is 1150. The minimum atomic E-state index is -0.432. The third-order valence-electron chi connectivity index (χ3n) is 6.45. The summed E-state index contributed by atoms with van der Waals surface area (Å²) in [5.74, 6) is 0.756. The van der Waals surface area contributed by atoms with Crippen LogP contribution in [0.15, 0.2) is 48.7 Å². The molecule has 0 N–H and O–H groups in total. The van der Waals surface area contributed by atoms with Crippen molar-refractivity contribution in [3.63, 3.8) is 0 Å². The van der Waals surface area contributed by atoms with Crippen molar-refractivity contribution in [3.8, 4) is 28.4 Å². The first-order valence-electron chi connectivity index (χ1n) is 12.7. The number of benzene rings is 2. The van der Waals surface area contributed by atoms with Gasteiger partial charge in [-0.05, 0) is 42.5 Å². The molecule has 0 amide bonds. The van der Waals surface area contributed by atoms with E-state index in [0.717, 1.165) is 56.9 Å². The molecule has 1 fully saturated rings. The highest BCUT2D eigenvalue weighted by Crippen LogP contribution is 2.29. The third-order valence-corrected chi connectivity index (χ3v) is 6.45. The van der Waals surface area contributed by atoms with Crippen LogP contribution in [-0.4, -0.2) is 60.2 Å². The standard InChI is InChI=1S/C29H36FN3O3/c1-21(2)17-25(34)19-33-20-27(31-29(33)24-9-10-26(30)28(18-24)35-3)23-7-5-22(6-8-23)11-13-32-12-4-15-36-16-14-32/h5-10,18,20-21H,4,11-17,19H2,1-3H3. The second-order valence-corrected chi connectivity index (χ2v) is 9.82. The van der Waals surface area contributed by atoms with Crippen molar-refractivity contribution < 1.29 is 18.7 Å². The molecule has 0 aliphatic carbocycles. The molecule has 3 aromatic rings. The van der Waals surface area contributed by atoms with E-state index >= 15 is 0 Å². The quantitative estimate of drug-likeness (QED) is 0.386. The van der Waals surface area contributed by atoms with Crippen LogP contribution >= 0.6 is 0 Å². The summed E-state index contributed by atoms with van der Waals surface area (Å²) < 4.78 is 26.6. The van der Waals surface area contributed by atoms with Gasteiger partial charge in [-0.1, -0.05) is 38.1 Å². The number of carbonyl (C=O) groups is 1. The Kier molecular flexibility index (Phi) is 8.88. The van der Waals surface area contributed by atoms with Gasteiger partial charge in [-0.25, -0.2) is 9.37 Å². The summed E-state index contributed by atoms with van der Waals surface area (Å²) in [6.45, 7) is 9.04. The Hall–Kier alpha value is -3.03. The van der Waals surface area contributed by atoms with Gasteiger partial charge in [0.2, 0.25) is 0 Å². The zero-order chi connectivity index (χ0) is 25.5. The van der Waals surface area contributed by atoms with Crippen LogP contribution in [-0.2, 0) is 22.5 Å². The molecule has 192 valence electrons. The molecular weight excluding hydrogens is 457 g/mol. The molecule has 36 heavy (non-hydrogen) atoms. The minimum Gasteiger partial charge on any atom is -0.494 e. The number of nitrogens with zero attached hydrogens (tertiary/aromatic N) is 3. The van der Waals surface area contributed by atoms with Gasteiger partial charge in [-0.3, -0.25) is 4.79 Å². The van der Waals surface area contributed by atoms with E-state index in [0.29, 0.717) is 17.8 Å². The highest BCUT2D eigenvalue weighted by Gasteiger charge is 2.17. The number of hydrogen-bond donors (Lipinski definition) is 0. The van der Waals surface area contributed by atoms with Gasteiger partial charge in [0.05, 0.1) is 26.0 Å². The van der Waals surface area contributed by atoms with Crippen molar-refractivity contribution in [2.24, 2.45) is 5.92 Å². The molecule has 0 radical (unpaired) electrons. The van der Waals surface area contributed by atoms with Crippen LogP contribution in [0.3, 0.4) is 0 Å². The van der Waals surface area contributed by atoms with Crippen molar-refractivity contribution in [1.29, 1.82) is 0 Å². The summed E-state index contributed by atoms with van der Waals surface area (Å²) in [6.07, 6.45) is 4.48. The minimum absolute atomic E-state index is 0.138. The second kappa shape index (κ2) is 12.3. The SMILES string of the molecule is COc1cc(-c2nc(-c3ccc(CCN4CCCOCC4)cc3)cn2CC(=O)CC(C)C)ccc1F. The van der Waals surface area contributed by atoms with Gasteiger partial charge < -0.3 is 18.9 Å². The van der Waals surface area contributed by atoms with Crippen LogP contribution in [0.2, 0.25) is 0 Å². The Balaban J connectivity index is 1.55. The molecule has 0 bridgehead atoms. The topological polar surface area (TPSA) is 56.6 Å². The number of ether oxygens (including phenoxy) is 2. The fourth-order valence-electron chi connectivity index (χ4n) is 4.57. The first-order chi connectivity index (χ1) is 17.4. The molecular formula is C29H36FN3O3. The Morgan fingerprint density at radius 1 is 1.11 bits per heavy atom. The highest BCUT2D eigenvalue weighted by molar-refractivity contribution is 5.79. The Morgan fingerprint density at radius 2 is 1.89 bits per heavy atom. The molecule has 7 heteroatoms. The van der Waals surface area contributed by atoms with Crippen molar-refractivity contribution in [3.05, 3.63) is 60.0 Å². The molecule has 1 aliphatic rings. The summed E-state index contributed by atoms with van der Waals surface area (Å²) in [5, 5.41) is 0. The molecule has 1 saturated heterocycles. The fourth-order valence-corrected chi connectivity index (χ4v) is 4.57. The number of imidazole rings is 1. The summed E-state index contributed by atoms with van der Waals surface area (Å²) in [7, 11) is 1.44. The lowest BCUT2D eigenvalue weighted by atomic mass is 10.1. The van der Waals surface area contributed by atoms with Crippen LogP contribution < -0.4 is 4.74 Å². The van der Waals surface area contributed by atoms with Gasteiger partial charge in [-0.15, -0.1) is 0 Å². The summed E-state index contributed by atoms with van der Waals surface area (Å²) in [5.41, 5.74) is 3.74. The number of ketones is 1. The molecule has 0 spiro atoms. The largest absolute Gasteiger partial charge is 0.494 e. The van der Waals surface area contributed by atoms with Gasteiger partial charge in [0.1, 0.15) is 5.82 Å². The van der Waals surface area contributed by atoms with Crippen molar-refractivity contribution in [2.75, 3.05) is 40.0 Å². The number of halogens is 1. The zero-order valence-electron chi connectivity index (χ0n) is 21.5. The number of carbonyl (C=O) groups excluding carboxylic acids is 1. The molecule has 4 rings (SSSR count). The lowest BCUT2D eigenvalue weighted by molar-refractivity contribution is -0.120. The fraction of sp³-hybridized carbons (Fsp3) is 0.448. The van der Waals surface area contributed by atoms with E-state index in [1.165, 1.54) is 18.7 Å². The van der Waals surface area contributed by atoms with Crippen LogP contribution in [0.1, 0.15) is 32.3 Å².